The summed E-state index contributed by atoms with van der Waals surface area (Å²) in [6.07, 6.45) is 0. The maximum absolute atomic E-state index is 11.7. The van der Waals surface area contributed by atoms with Crippen molar-refractivity contribution in [2.45, 2.75) is 26.9 Å². The Bertz CT molecular complexity index is 576. The monoisotopic (exact) mass is 266 g/mol. The lowest BCUT2D eigenvalue weighted by Gasteiger charge is -2.04. The number of hydrogen-bond acceptors (Lipinski definition) is 8. The summed E-state index contributed by atoms with van der Waals surface area (Å²) in [6, 6.07) is 0. The number of nitrogens with two attached hydrogens (primary N) is 1. The van der Waals surface area contributed by atoms with Crippen LogP contribution in [0, 0.1) is 6.92 Å². The summed E-state index contributed by atoms with van der Waals surface area (Å²) in [5.41, 5.74) is 7.49. The van der Waals surface area contributed by atoms with Gasteiger partial charge in [0, 0.05) is 6.54 Å². The second-order valence-electron chi connectivity index (χ2n) is 3.76. The number of carbonyl (C=O) groups is 1. The lowest BCUT2D eigenvalue weighted by atomic mass is 10.3. The van der Waals surface area contributed by atoms with E-state index in [4.69, 9.17) is 10.5 Å². The van der Waals surface area contributed by atoms with Crippen molar-refractivity contribution >= 4 is 5.97 Å². The van der Waals surface area contributed by atoms with Crippen LogP contribution in [-0.4, -0.2) is 37.9 Å². The second-order valence-corrected chi connectivity index (χ2v) is 3.76. The van der Waals surface area contributed by atoms with Gasteiger partial charge in [0.1, 0.15) is 11.4 Å². The first-order valence-corrected chi connectivity index (χ1v) is 5.75. The molecule has 19 heavy (non-hydrogen) atoms. The fourth-order valence-corrected chi connectivity index (χ4v) is 1.55. The molecular weight excluding hydrogens is 252 g/mol. The average molecular weight is 266 g/mol. The molecule has 2 aromatic rings. The van der Waals surface area contributed by atoms with Gasteiger partial charge in [-0.05, 0) is 13.8 Å². The van der Waals surface area contributed by atoms with Gasteiger partial charge >= 0.3 is 5.97 Å². The lowest BCUT2D eigenvalue weighted by molar-refractivity contribution is 0.0518. The number of aryl methyl sites for hydroxylation is 1. The predicted molar refractivity (Wildman–Crippen MR) is 62.0 cm³/mol. The Morgan fingerprint density at radius 1 is 1.47 bits per heavy atom. The molecule has 0 aliphatic carbocycles. The van der Waals surface area contributed by atoms with Crippen LogP contribution < -0.4 is 5.73 Å². The molecule has 2 N–H and O–H groups in total. The van der Waals surface area contributed by atoms with Crippen LogP contribution in [-0.2, 0) is 17.8 Å². The summed E-state index contributed by atoms with van der Waals surface area (Å²) in [4.78, 5) is 11.7. The molecule has 2 heterocycles. The van der Waals surface area contributed by atoms with Crippen molar-refractivity contribution < 1.29 is 14.2 Å². The van der Waals surface area contributed by atoms with Crippen LogP contribution in [0.15, 0.2) is 4.63 Å². The van der Waals surface area contributed by atoms with E-state index in [1.54, 1.807) is 13.8 Å². The topological polar surface area (TPSA) is 122 Å². The molecule has 0 spiro atoms. The van der Waals surface area contributed by atoms with Crippen molar-refractivity contribution in [1.29, 1.82) is 0 Å². The standard InChI is InChI=1S/C10H14N6O3/c1-3-18-10(17)9-8(4-11)16(15-12-9)5-7-6(2)13-19-14-7/h3-5,11H2,1-2H3. The molecule has 2 aromatic heterocycles. The van der Waals surface area contributed by atoms with Gasteiger partial charge in [-0.3, -0.25) is 0 Å². The number of esters is 1. The zero-order valence-electron chi connectivity index (χ0n) is 10.7. The fraction of sp³-hybridized carbons (Fsp3) is 0.500. The van der Waals surface area contributed by atoms with Crippen molar-refractivity contribution in [1.82, 2.24) is 25.3 Å². The molecule has 0 unspecified atom stereocenters. The van der Waals surface area contributed by atoms with Gasteiger partial charge in [0.25, 0.3) is 0 Å². The van der Waals surface area contributed by atoms with Crippen LogP contribution in [0.1, 0.15) is 34.5 Å². The van der Waals surface area contributed by atoms with Gasteiger partial charge in [-0.25, -0.2) is 14.1 Å². The molecular formula is C10H14N6O3. The first kappa shape index (κ1) is 13.1. The second kappa shape index (κ2) is 5.57. The Morgan fingerprint density at radius 3 is 2.84 bits per heavy atom. The van der Waals surface area contributed by atoms with Crippen LogP contribution in [0.25, 0.3) is 0 Å². The van der Waals surface area contributed by atoms with Gasteiger partial charge in [0.15, 0.2) is 5.69 Å². The number of nitrogens with zero attached hydrogens (tertiary/aromatic N) is 5. The minimum atomic E-state index is -0.538. The molecule has 0 saturated carbocycles. The summed E-state index contributed by atoms with van der Waals surface area (Å²) in [5.74, 6) is -0.538. The third-order valence-electron chi connectivity index (χ3n) is 2.55. The highest BCUT2D eigenvalue weighted by atomic mass is 16.6. The Morgan fingerprint density at radius 2 is 2.26 bits per heavy atom. The molecule has 0 atom stereocenters. The molecule has 0 fully saturated rings. The predicted octanol–water partition coefficient (Wildman–Crippen LogP) is -0.347. The third kappa shape index (κ3) is 2.60. The summed E-state index contributed by atoms with van der Waals surface area (Å²) in [7, 11) is 0. The zero-order chi connectivity index (χ0) is 13.8. The molecule has 0 saturated heterocycles. The van der Waals surface area contributed by atoms with Crippen molar-refractivity contribution in [3.63, 3.8) is 0 Å². The normalized spacial score (nSPS) is 10.7. The molecule has 9 nitrogen and oxygen atoms in total. The van der Waals surface area contributed by atoms with Crippen LogP contribution in [0.4, 0.5) is 0 Å². The van der Waals surface area contributed by atoms with E-state index in [0.717, 1.165) is 0 Å². The van der Waals surface area contributed by atoms with Gasteiger partial charge < -0.3 is 10.5 Å². The van der Waals surface area contributed by atoms with E-state index in [1.807, 2.05) is 0 Å². The first-order valence-electron chi connectivity index (χ1n) is 5.75. The van der Waals surface area contributed by atoms with Crippen molar-refractivity contribution in [3.8, 4) is 0 Å². The van der Waals surface area contributed by atoms with E-state index in [-0.39, 0.29) is 25.4 Å². The highest BCUT2D eigenvalue weighted by Gasteiger charge is 2.20. The van der Waals surface area contributed by atoms with Gasteiger partial charge in [0.2, 0.25) is 0 Å². The summed E-state index contributed by atoms with van der Waals surface area (Å²) >= 11 is 0. The molecule has 2 rings (SSSR count). The Balaban J connectivity index is 2.27. The zero-order valence-corrected chi connectivity index (χ0v) is 10.7. The van der Waals surface area contributed by atoms with Crippen molar-refractivity contribution in [2.75, 3.05) is 6.61 Å². The number of carbonyl (C=O) groups excluding carboxylic acids is 1. The molecule has 9 heteroatoms. The van der Waals surface area contributed by atoms with Gasteiger partial charge in [-0.15, -0.1) is 5.10 Å². The summed E-state index contributed by atoms with van der Waals surface area (Å²) in [5, 5.41) is 15.1. The number of hydrogen-bond donors (Lipinski definition) is 1. The van der Waals surface area contributed by atoms with Crippen molar-refractivity contribution in [3.05, 3.63) is 22.8 Å². The maximum atomic E-state index is 11.7. The fourth-order valence-electron chi connectivity index (χ4n) is 1.55. The molecule has 0 aliphatic heterocycles. The molecule has 0 bridgehead atoms. The van der Waals surface area contributed by atoms with Gasteiger partial charge in [0.05, 0.1) is 18.8 Å². The number of ether oxygens (including phenoxy) is 1. The van der Waals surface area contributed by atoms with Crippen LogP contribution >= 0.6 is 0 Å². The van der Waals surface area contributed by atoms with E-state index < -0.39 is 5.97 Å². The van der Waals surface area contributed by atoms with Crippen LogP contribution in [0.5, 0.6) is 0 Å². The van der Waals surface area contributed by atoms with Gasteiger partial charge in [-0.1, -0.05) is 15.5 Å². The first-order chi connectivity index (χ1) is 9.17. The average Bonchev–Trinajstić information content (AvgIpc) is 2.97. The van der Waals surface area contributed by atoms with E-state index in [9.17, 15) is 4.79 Å². The Labute approximate surface area is 108 Å². The molecule has 0 radical (unpaired) electrons. The van der Waals surface area contributed by atoms with Crippen LogP contribution in [0.3, 0.4) is 0 Å². The van der Waals surface area contributed by atoms with Crippen molar-refractivity contribution in [2.24, 2.45) is 5.73 Å². The van der Waals surface area contributed by atoms with E-state index in [2.05, 4.69) is 25.3 Å². The largest absolute Gasteiger partial charge is 0.461 e. The van der Waals surface area contributed by atoms with E-state index >= 15 is 0 Å². The molecule has 0 aromatic carbocycles. The minimum absolute atomic E-state index is 0.117. The quantitative estimate of drug-likeness (QED) is 0.729. The highest BCUT2D eigenvalue weighted by Crippen LogP contribution is 2.10. The maximum Gasteiger partial charge on any atom is 0.360 e. The van der Waals surface area contributed by atoms with E-state index in [0.29, 0.717) is 17.1 Å². The summed E-state index contributed by atoms with van der Waals surface area (Å²) in [6.45, 7) is 4.15. The molecule has 0 aliphatic rings. The number of rotatable bonds is 5. The van der Waals surface area contributed by atoms with Crippen LogP contribution in [0.2, 0.25) is 0 Å². The minimum Gasteiger partial charge on any atom is -0.461 e. The smallest absolute Gasteiger partial charge is 0.360 e. The van der Waals surface area contributed by atoms with E-state index in [1.165, 1.54) is 4.68 Å². The Hall–Kier alpha value is -2.29. The molecule has 0 amide bonds. The van der Waals surface area contributed by atoms with Gasteiger partial charge in [-0.2, -0.15) is 0 Å². The molecule has 102 valence electrons. The Kier molecular flexibility index (Phi) is 3.85. The SMILES string of the molecule is CCOC(=O)c1nnn(Cc2nonc2C)c1CN. The summed E-state index contributed by atoms with van der Waals surface area (Å²) < 4.78 is 11.0. The third-order valence-corrected chi connectivity index (χ3v) is 2.55. The number of aromatic nitrogens is 5. The lowest BCUT2D eigenvalue weighted by Crippen LogP contribution is -2.15. The highest BCUT2D eigenvalue weighted by molar-refractivity contribution is 5.88.